The maximum atomic E-state index is 5.61. The normalized spacial score (nSPS) is 9.56. The molecule has 0 spiro atoms. The Morgan fingerprint density at radius 1 is 1.56 bits per heavy atom. The largest absolute Gasteiger partial charge is 0.0837 e. The van der Waals surface area contributed by atoms with E-state index in [1.165, 1.54) is 5.56 Å². The second-order valence-electron chi connectivity index (χ2n) is 1.90. The van der Waals surface area contributed by atoms with Crippen molar-refractivity contribution in [2.45, 2.75) is 13.3 Å². The molecule has 0 atom stereocenters. The molecular formula is C8H8Cl. The van der Waals surface area contributed by atoms with Crippen molar-refractivity contribution in [3.63, 3.8) is 0 Å². The molecule has 1 aromatic rings. The van der Waals surface area contributed by atoms with Crippen molar-refractivity contribution in [3.05, 3.63) is 34.9 Å². The van der Waals surface area contributed by atoms with E-state index in [1.54, 1.807) is 0 Å². The molecule has 9 heavy (non-hydrogen) atoms. The monoisotopic (exact) mass is 139 g/mol. The summed E-state index contributed by atoms with van der Waals surface area (Å²) in [7, 11) is 0. The first kappa shape index (κ1) is 6.63. The molecule has 0 fully saturated rings. The molecular weight excluding hydrogens is 132 g/mol. The first-order valence-corrected chi connectivity index (χ1v) is 3.37. The predicted molar refractivity (Wildman–Crippen MR) is 39.7 cm³/mol. The Bertz CT molecular complexity index is 176. The van der Waals surface area contributed by atoms with Gasteiger partial charge in [-0.1, -0.05) is 24.6 Å². The van der Waals surface area contributed by atoms with Crippen LogP contribution in [0.3, 0.4) is 0 Å². The fourth-order valence-corrected chi connectivity index (χ4v) is 0.776. The summed E-state index contributed by atoms with van der Waals surface area (Å²) in [5.74, 6) is 0. The zero-order valence-electron chi connectivity index (χ0n) is 5.32. The first-order chi connectivity index (χ1) is 4.33. The SMILES string of the molecule is CCc1c[c]c(Cl)cc1. The Balaban J connectivity index is 2.88. The highest BCUT2D eigenvalue weighted by Crippen LogP contribution is 2.08. The van der Waals surface area contributed by atoms with Gasteiger partial charge >= 0.3 is 0 Å². The van der Waals surface area contributed by atoms with Crippen LogP contribution in [0.25, 0.3) is 0 Å². The number of rotatable bonds is 1. The maximum absolute atomic E-state index is 5.61. The van der Waals surface area contributed by atoms with E-state index in [1.807, 2.05) is 18.2 Å². The molecule has 0 aliphatic carbocycles. The molecule has 0 amide bonds. The fraction of sp³-hybridized carbons (Fsp3) is 0.250. The van der Waals surface area contributed by atoms with Crippen molar-refractivity contribution < 1.29 is 0 Å². The Kier molecular flexibility index (Phi) is 2.12. The van der Waals surface area contributed by atoms with Crippen LogP contribution < -0.4 is 0 Å². The third-order valence-electron chi connectivity index (χ3n) is 1.25. The molecule has 1 radical (unpaired) electrons. The van der Waals surface area contributed by atoms with Crippen LogP contribution in [0, 0.1) is 6.07 Å². The molecule has 0 saturated heterocycles. The third-order valence-corrected chi connectivity index (χ3v) is 1.48. The average molecular weight is 140 g/mol. The van der Waals surface area contributed by atoms with E-state index in [2.05, 4.69) is 13.0 Å². The van der Waals surface area contributed by atoms with E-state index >= 15 is 0 Å². The number of hydrogen-bond donors (Lipinski definition) is 0. The van der Waals surface area contributed by atoms with Gasteiger partial charge in [-0.25, -0.2) is 0 Å². The van der Waals surface area contributed by atoms with E-state index in [4.69, 9.17) is 11.6 Å². The first-order valence-electron chi connectivity index (χ1n) is 2.99. The van der Waals surface area contributed by atoms with Crippen LogP contribution in [0.2, 0.25) is 5.02 Å². The van der Waals surface area contributed by atoms with Crippen LogP contribution in [0.15, 0.2) is 18.2 Å². The molecule has 1 aromatic carbocycles. The molecule has 0 unspecified atom stereocenters. The molecule has 1 heteroatoms. The lowest BCUT2D eigenvalue weighted by Gasteiger charge is -1.92. The van der Waals surface area contributed by atoms with Crippen molar-refractivity contribution in [1.29, 1.82) is 0 Å². The minimum absolute atomic E-state index is 0.687. The summed E-state index contributed by atoms with van der Waals surface area (Å²) in [6, 6.07) is 8.71. The zero-order chi connectivity index (χ0) is 6.69. The van der Waals surface area contributed by atoms with Gasteiger partial charge in [0.2, 0.25) is 0 Å². The lowest BCUT2D eigenvalue weighted by atomic mass is 10.2. The van der Waals surface area contributed by atoms with Crippen LogP contribution in [-0.2, 0) is 6.42 Å². The minimum Gasteiger partial charge on any atom is -0.0837 e. The lowest BCUT2D eigenvalue weighted by Crippen LogP contribution is -1.76. The van der Waals surface area contributed by atoms with E-state index < -0.39 is 0 Å². The number of halogens is 1. The van der Waals surface area contributed by atoms with Crippen LogP contribution in [0.4, 0.5) is 0 Å². The quantitative estimate of drug-likeness (QED) is 0.561. The number of aryl methyl sites for hydroxylation is 1. The van der Waals surface area contributed by atoms with Gasteiger partial charge < -0.3 is 0 Å². The lowest BCUT2D eigenvalue weighted by molar-refractivity contribution is 1.14. The van der Waals surface area contributed by atoms with Gasteiger partial charge in [-0.05, 0) is 24.1 Å². The van der Waals surface area contributed by atoms with Gasteiger partial charge in [0, 0.05) is 11.1 Å². The van der Waals surface area contributed by atoms with Crippen molar-refractivity contribution in [2.75, 3.05) is 0 Å². The van der Waals surface area contributed by atoms with Gasteiger partial charge in [-0.2, -0.15) is 0 Å². The van der Waals surface area contributed by atoms with Crippen molar-refractivity contribution >= 4 is 11.6 Å². The Morgan fingerprint density at radius 2 is 2.33 bits per heavy atom. The fourth-order valence-electron chi connectivity index (χ4n) is 0.658. The van der Waals surface area contributed by atoms with E-state index in [0.29, 0.717) is 5.02 Å². The smallest absolute Gasteiger partial charge is 0.0485 e. The average Bonchev–Trinajstić information content (AvgIpc) is 1.90. The molecule has 0 bridgehead atoms. The van der Waals surface area contributed by atoms with Crippen LogP contribution in [-0.4, -0.2) is 0 Å². The summed E-state index contributed by atoms with van der Waals surface area (Å²) in [5.41, 5.74) is 1.28. The molecule has 0 nitrogen and oxygen atoms in total. The molecule has 0 aliphatic rings. The second-order valence-corrected chi connectivity index (χ2v) is 2.31. The highest BCUT2D eigenvalue weighted by molar-refractivity contribution is 6.30. The molecule has 0 N–H and O–H groups in total. The van der Waals surface area contributed by atoms with Gasteiger partial charge in [0.05, 0.1) is 0 Å². The van der Waals surface area contributed by atoms with Crippen LogP contribution >= 0.6 is 11.6 Å². The highest BCUT2D eigenvalue weighted by Gasteiger charge is 1.87. The van der Waals surface area contributed by atoms with Gasteiger partial charge in [0.1, 0.15) is 0 Å². The van der Waals surface area contributed by atoms with Crippen molar-refractivity contribution in [3.8, 4) is 0 Å². The maximum Gasteiger partial charge on any atom is 0.0485 e. The molecule has 0 aliphatic heterocycles. The Morgan fingerprint density at radius 3 is 2.78 bits per heavy atom. The summed E-state index contributed by atoms with van der Waals surface area (Å²) in [6.45, 7) is 2.11. The van der Waals surface area contributed by atoms with Gasteiger partial charge in [0.15, 0.2) is 0 Å². The summed E-state index contributed by atoms with van der Waals surface area (Å²) >= 11 is 5.61. The van der Waals surface area contributed by atoms with E-state index in [-0.39, 0.29) is 0 Å². The second kappa shape index (κ2) is 2.88. The molecule has 1 rings (SSSR count). The van der Waals surface area contributed by atoms with Gasteiger partial charge in [-0.15, -0.1) is 0 Å². The van der Waals surface area contributed by atoms with Crippen LogP contribution in [0.1, 0.15) is 12.5 Å². The molecule has 47 valence electrons. The summed E-state index contributed by atoms with van der Waals surface area (Å²) < 4.78 is 0. The highest BCUT2D eigenvalue weighted by atomic mass is 35.5. The minimum atomic E-state index is 0.687. The van der Waals surface area contributed by atoms with E-state index in [0.717, 1.165) is 6.42 Å². The summed E-state index contributed by atoms with van der Waals surface area (Å²) in [4.78, 5) is 0. The number of hydrogen-bond acceptors (Lipinski definition) is 0. The zero-order valence-corrected chi connectivity index (χ0v) is 6.07. The predicted octanol–water partition coefficient (Wildman–Crippen LogP) is 2.70. The van der Waals surface area contributed by atoms with Gasteiger partial charge in [-0.3, -0.25) is 0 Å². The third kappa shape index (κ3) is 1.72. The Hall–Kier alpha value is -0.490. The summed E-state index contributed by atoms with van der Waals surface area (Å²) in [6.07, 6.45) is 1.05. The standard InChI is InChI=1S/C8H8Cl/c1-2-7-3-5-8(9)6-4-7/h3-5H,2H2,1H3. The Labute approximate surface area is 60.5 Å². The van der Waals surface area contributed by atoms with E-state index in [9.17, 15) is 0 Å². The topological polar surface area (TPSA) is 0 Å². The molecule has 0 saturated carbocycles. The number of benzene rings is 1. The van der Waals surface area contributed by atoms with Crippen LogP contribution in [0.5, 0.6) is 0 Å². The van der Waals surface area contributed by atoms with Crippen molar-refractivity contribution in [2.24, 2.45) is 0 Å². The summed E-state index contributed by atoms with van der Waals surface area (Å²) in [5, 5.41) is 0.687. The van der Waals surface area contributed by atoms with Gasteiger partial charge in [0.25, 0.3) is 0 Å². The van der Waals surface area contributed by atoms with Crippen molar-refractivity contribution in [1.82, 2.24) is 0 Å². The molecule has 0 heterocycles. The molecule has 0 aromatic heterocycles.